The monoisotopic (exact) mass is 468 g/mol. The molecule has 0 unspecified atom stereocenters. The fourth-order valence-corrected chi connectivity index (χ4v) is 5.72. The summed E-state index contributed by atoms with van der Waals surface area (Å²) in [7, 11) is 0. The van der Waals surface area contributed by atoms with Crippen LogP contribution in [0, 0.1) is 23.7 Å². The fourth-order valence-electron chi connectivity index (χ4n) is 5.72. The van der Waals surface area contributed by atoms with Crippen molar-refractivity contribution < 1.29 is 27.4 Å². The van der Waals surface area contributed by atoms with Crippen LogP contribution >= 0.6 is 0 Å². The van der Waals surface area contributed by atoms with Crippen molar-refractivity contribution >= 4 is 5.97 Å². The highest BCUT2D eigenvalue weighted by molar-refractivity contribution is 5.75. The van der Waals surface area contributed by atoms with Crippen molar-refractivity contribution in [3.05, 3.63) is 24.3 Å². The lowest BCUT2D eigenvalue weighted by Gasteiger charge is -2.37. The fraction of sp³-hybridized carbons (Fsp3) is 0.741. The van der Waals surface area contributed by atoms with Gasteiger partial charge >= 0.3 is 12.3 Å². The van der Waals surface area contributed by atoms with Crippen LogP contribution in [0.3, 0.4) is 0 Å². The van der Waals surface area contributed by atoms with Crippen molar-refractivity contribution in [3.8, 4) is 11.5 Å². The molecule has 0 N–H and O–H groups in total. The van der Waals surface area contributed by atoms with E-state index < -0.39 is 6.36 Å². The van der Waals surface area contributed by atoms with Gasteiger partial charge in [-0.2, -0.15) is 0 Å². The molecule has 0 heterocycles. The second-order valence-corrected chi connectivity index (χ2v) is 10.0. The predicted molar refractivity (Wildman–Crippen MR) is 123 cm³/mol. The molecule has 3 rings (SSSR count). The zero-order chi connectivity index (χ0) is 23.7. The molecule has 33 heavy (non-hydrogen) atoms. The van der Waals surface area contributed by atoms with E-state index in [1.54, 1.807) is 0 Å². The van der Waals surface area contributed by atoms with Gasteiger partial charge in [-0.3, -0.25) is 4.79 Å². The predicted octanol–water partition coefficient (Wildman–Crippen LogP) is 8.46. The summed E-state index contributed by atoms with van der Waals surface area (Å²) in [6.45, 7) is 2.26. The third-order valence-corrected chi connectivity index (χ3v) is 7.65. The average molecular weight is 469 g/mol. The molecule has 0 aliphatic heterocycles. The molecule has 0 aromatic heterocycles. The lowest BCUT2D eigenvalue weighted by Crippen LogP contribution is -2.30. The van der Waals surface area contributed by atoms with Gasteiger partial charge < -0.3 is 9.47 Å². The first-order valence-electron chi connectivity index (χ1n) is 12.9. The Morgan fingerprint density at radius 3 is 1.94 bits per heavy atom. The second-order valence-electron chi connectivity index (χ2n) is 10.0. The summed E-state index contributed by atoms with van der Waals surface area (Å²) in [5.74, 6) is 1.98. The van der Waals surface area contributed by atoms with E-state index >= 15 is 0 Å². The van der Waals surface area contributed by atoms with Crippen molar-refractivity contribution in [1.82, 2.24) is 0 Å². The summed E-state index contributed by atoms with van der Waals surface area (Å²) in [6, 6.07) is 5.00. The third-order valence-electron chi connectivity index (χ3n) is 7.65. The minimum Gasteiger partial charge on any atom is -0.426 e. The third kappa shape index (κ3) is 8.86. The maximum absolute atomic E-state index is 12.5. The van der Waals surface area contributed by atoms with E-state index in [4.69, 9.17) is 4.74 Å². The minimum absolute atomic E-state index is 0.119. The molecule has 2 fully saturated rings. The van der Waals surface area contributed by atoms with Gasteiger partial charge in [0.05, 0.1) is 5.92 Å². The van der Waals surface area contributed by atoms with Crippen molar-refractivity contribution in [2.45, 2.75) is 103 Å². The largest absolute Gasteiger partial charge is 0.573 e. The van der Waals surface area contributed by atoms with Gasteiger partial charge in [-0.25, -0.2) is 0 Å². The number of esters is 1. The number of hydrogen-bond acceptors (Lipinski definition) is 3. The molecule has 0 radical (unpaired) electrons. The van der Waals surface area contributed by atoms with E-state index in [1.807, 2.05) is 0 Å². The van der Waals surface area contributed by atoms with Crippen molar-refractivity contribution in [1.29, 1.82) is 0 Å². The lowest BCUT2D eigenvalue weighted by molar-refractivity contribution is -0.274. The first kappa shape index (κ1) is 25.9. The van der Waals surface area contributed by atoms with Crippen LogP contribution in [0.2, 0.25) is 0 Å². The lowest BCUT2D eigenvalue weighted by atomic mass is 9.68. The molecule has 0 saturated heterocycles. The van der Waals surface area contributed by atoms with Crippen molar-refractivity contribution in [2.75, 3.05) is 0 Å². The number of unbranched alkanes of at least 4 members (excludes halogenated alkanes) is 4. The zero-order valence-corrected chi connectivity index (χ0v) is 19.9. The highest BCUT2D eigenvalue weighted by Crippen LogP contribution is 2.42. The van der Waals surface area contributed by atoms with Gasteiger partial charge in [0.2, 0.25) is 0 Å². The first-order valence-corrected chi connectivity index (χ1v) is 12.9. The van der Waals surface area contributed by atoms with Gasteiger partial charge in [-0.05, 0) is 80.5 Å². The highest BCUT2D eigenvalue weighted by atomic mass is 19.4. The molecule has 0 amide bonds. The highest BCUT2D eigenvalue weighted by Gasteiger charge is 2.34. The molecule has 3 nitrogen and oxygen atoms in total. The summed E-state index contributed by atoms with van der Waals surface area (Å²) in [5.41, 5.74) is 0. The van der Waals surface area contributed by atoms with Crippen molar-refractivity contribution in [2.24, 2.45) is 23.7 Å². The number of carbonyl (C=O) groups is 1. The maximum Gasteiger partial charge on any atom is 0.573 e. The Morgan fingerprint density at radius 1 is 0.818 bits per heavy atom. The molecular weight excluding hydrogens is 429 g/mol. The number of rotatable bonds is 10. The molecule has 6 heteroatoms. The average Bonchev–Trinajstić information content (AvgIpc) is 2.80. The molecule has 0 bridgehead atoms. The molecule has 2 aliphatic rings. The van der Waals surface area contributed by atoms with Gasteiger partial charge in [-0.1, -0.05) is 58.3 Å². The molecule has 186 valence electrons. The van der Waals surface area contributed by atoms with Gasteiger partial charge in [0, 0.05) is 0 Å². The number of halogens is 3. The van der Waals surface area contributed by atoms with Crippen LogP contribution in [0.4, 0.5) is 13.2 Å². The summed E-state index contributed by atoms with van der Waals surface area (Å²) in [4.78, 5) is 12.5. The SMILES string of the molecule is CCCCCCC[C@H]1CC[C@H]([C@H]2CC[C@H](C(=O)Oc3ccc(OC(F)(F)F)cc3)CC2)CC1. The second kappa shape index (κ2) is 12.7. The smallest absolute Gasteiger partial charge is 0.426 e. The Labute approximate surface area is 196 Å². The van der Waals surface area contributed by atoms with Gasteiger partial charge in [0.25, 0.3) is 0 Å². The van der Waals surface area contributed by atoms with E-state index in [1.165, 1.54) is 76.3 Å². The van der Waals surface area contributed by atoms with Crippen LogP contribution in [-0.2, 0) is 4.79 Å². The van der Waals surface area contributed by atoms with Crippen LogP contribution in [-0.4, -0.2) is 12.3 Å². The van der Waals surface area contributed by atoms with Gasteiger partial charge in [0.15, 0.2) is 0 Å². The molecule has 2 aliphatic carbocycles. The Kier molecular flexibility index (Phi) is 9.94. The number of carbonyl (C=O) groups excluding carboxylic acids is 1. The van der Waals surface area contributed by atoms with Crippen LogP contribution < -0.4 is 9.47 Å². The van der Waals surface area contributed by atoms with Crippen LogP contribution in [0.1, 0.15) is 96.8 Å². The molecule has 1 aromatic rings. The Hall–Kier alpha value is -1.72. The Bertz CT molecular complexity index is 700. The first-order chi connectivity index (χ1) is 15.8. The van der Waals surface area contributed by atoms with Crippen LogP contribution in [0.15, 0.2) is 24.3 Å². The number of benzene rings is 1. The van der Waals surface area contributed by atoms with E-state index in [0.717, 1.165) is 55.6 Å². The summed E-state index contributed by atoms with van der Waals surface area (Å²) >= 11 is 0. The quantitative estimate of drug-likeness (QED) is 0.196. The molecular formula is C27H39F3O3. The normalized spacial score (nSPS) is 26.1. The van der Waals surface area contributed by atoms with Gasteiger partial charge in [-0.15, -0.1) is 13.2 Å². The minimum atomic E-state index is -4.73. The molecule has 1 aromatic carbocycles. The zero-order valence-electron chi connectivity index (χ0n) is 19.9. The molecule has 0 atom stereocenters. The van der Waals surface area contributed by atoms with Gasteiger partial charge in [0.1, 0.15) is 11.5 Å². The van der Waals surface area contributed by atoms with E-state index in [2.05, 4.69) is 11.7 Å². The number of alkyl halides is 3. The summed E-state index contributed by atoms with van der Waals surface area (Å²) in [6.07, 6.45) is 12.8. The summed E-state index contributed by atoms with van der Waals surface area (Å²) < 4.78 is 46.0. The van der Waals surface area contributed by atoms with Crippen LogP contribution in [0.5, 0.6) is 11.5 Å². The summed E-state index contributed by atoms with van der Waals surface area (Å²) in [5, 5.41) is 0. The van der Waals surface area contributed by atoms with Crippen LogP contribution in [0.25, 0.3) is 0 Å². The Morgan fingerprint density at radius 2 is 1.36 bits per heavy atom. The van der Waals surface area contributed by atoms with E-state index in [-0.39, 0.29) is 23.4 Å². The number of ether oxygens (including phenoxy) is 2. The molecule has 2 saturated carbocycles. The van der Waals surface area contributed by atoms with E-state index in [0.29, 0.717) is 0 Å². The molecule has 0 spiro atoms. The standard InChI is InChI=1S/C27H39F3O3/c1-2-3-4-5-6-7-20-8-10-21(11-9-20)22-12-14-23(15-13-22)26(31)32-24-16-18-25(19-17-24)33-27(28,29)30/h16-23H,2-15H2,1H3/t20-,21-,22-,23-. The maximum atomic E-state index is 12.5. The number of hydrogen-bond donors (Lipinski definition) is 0. The van der Waals surface area contributed by atoms with E-state index in [9.17, 15) is 18.0 Å². The Balaban J connectivity index is 1.34. The topological polar surface area (TPSA) is 35.5 Å². The van der Waals surface area contributed by atoms with Crippen molar-refractivity contribution in [3.63, 3.8) is 0 Å².